The molecular formula is C16H23Cl. The van der Waals surface area contributed by atoms with Crippen molar-refractivity contribution in [1.82, 2.24) is 0 Å². The molecule has 1 fully saturated rings. The first-order valence-corrected chi connectivity index (χ1v) is 7.39. The molecule has 1 atom stereocenters. The summed E-state index contributed by atoms with van der Waals surface area (Å²) >= 11 is 6.64. The van der Waals surface area contributed by atoms with Crippen LogP contribution in [-0.2, 0) is 6.42 Å². The summed E-state index contributed by atoms with van der Waals surface area (Å²) in [5.74, 6) is 0.735. The van der Waals surface area contributed by atoms with Gasteiger partial charge in [-0.1, -0.05) is 49.9 Å². The first-order chi connectivity index (χ1) is 8.27. The third-order valence-corrected chi connectivity index (χ3v) is 4.60. The normalized spacial score (nSPS) is 19.9. The van der Waals surface area contributed by atoms with Gasteiger partial charge in [-0.25, -0.2) is 0 Å². The average molecular weight is 251 g/mol. The molecule has 0 aliphatic heterocycles. The van der Waals surface area contributed by atoms with Crippen molar-refractivity contribution in [2.24, 2.45) is 5.92 Å². The predicted molar refractivity (Wildman–Crippen MR) is 75.7 cm³/mol. The summed E-state index contributed by atoms with van der Waals surface area (Å²) in [7, 11) is 0. The van der Waals surface area contributed by atoms with Gasteiger partial charge in [0, 0.05) is 5.38 Å². The molecule has 0 aromatic heterocycles. The minimum atomic E-state index is 0.328. The van der Waals surface area contributed by atoms with E-state index in [0.717, 1.165) is 12.3 Å². The Kier molecular flexibility index (Phi) is 4.91. The van der Waals surface area contributed by atoms with E-state index in [4.69, 9.17) is 11.6 Å². The molecule has 0 spiro atoms. The highest BCUT2D eigenvalue weighted by Gasteiger charge is 2.21. The van der Waals surface area contributed by atoms with Crippen molar-refractivity contribution in [2.45, 2.75) is 57.2 Å². The van der Waals surface area contributed by atoms with E-state index in [9.17, 15) is 0 Å². The maximum atomic E-state index is 6.64. The second kappa shape index (κ2) is 6.44. The number of hydrogen-bond acceptors (Lipinski definition) is 0. The summed E-state index contributed by atoms with van der Waals surface area (Å²) in [6.45, 7) is 2.19. The Morgan fingerprint density at radius 2 is 1.76 bits per heavy atom. The van der Waals surface area contributed by atoms with E-state index >= 15 is 0 Å². The third kappa shape index (κ3) is 3.74. The fourth-order valence-electron chi connectivity index (χ4n) is 2.89. The summed E-state index contributed by atoms with van der Waals surface area (Å²) < 4.78 is 0. The lowest BCUT2D eigenvalue weighted by Crippen LogP contribution is -2.17. The van der Waals surface area contributed by atoms with Crippen LogP contribution in [0.3, 0.4) is 0 Å². The highest BCUT2D eigenvalue weighted by atomic mass is 35.5. The van der Waals surface area contributed by atoms with Crippen LogP contribution in [0, 0.1) is 12.8 Å². The topological polar surface area (TPSA) is 0 Å². The van der Waals surface area contributed by atoms with Gasteiger partial charge in [-0.2, -0.15) is 0 Å². The van der Waals surface area contributed by atoms with Crippen molar-refractivity contribution >= 4 is 11.6 Å². The van der Waals surface area contributed by atoms with Crippen molar-refractivity contribution in [3.8, 4) is 0 Å². The molecular weight excluding hydrogens is 228 g/mol. The maximum Gasteiger partial charge on any atom is 0.0404 e. The van der Waals surface area contributed by atoms with Crippen LogP contribution in [0.25, 0.3) is 0 Å². The Balaban J connectivity index is 1.95. The number of rotatable bonds is 3. The lowest BCUT2D eigenvalue weighted by molar-refractivity contribution is 0.435. The molecule has 1 saturated carbocycles. The van der Waals surface area contributed by atoms with Crippen LogP contribution in [0.15, 0.2) is 24.3 Å². The van der Waals surface area contributed by atoms with E-state index in [2.05, 4.69) is 31.2 Å². The second-order valence-electron chi connectivity index (χ2n) is 5.40. The van der Waals surface area contributed by atoms with Crippen LogP contribution in [-0.4, -0.2) is 5.38 Å². The Labute approximate surface area is 110 Å². The van der Waals surface area contributed by atoms with Gasteiger partial charge in [0.05, 0.1) is 0 Å². The zero-order valence-corrected chi connectivity index (χ0v) is 11.5. The van der Waals surface area contributed by atoms with E-state index in [0.29, 0.717) is 5.38 Å². The molecule has 1 aliphatic carbocycles. The molecule has 0 heterocycles. The van der Waals surface area contributed by atoms with Gasteiger partial charge in [0.1, 0.15) is 0 Å². The lowest BCUT2D eigenvalue weighted by Gasteiger charge is -2.21. The van der Waals surface area contributed by atoms with Crippen LogP contribution in [0.5, 0.6) is 0 Å². The molecule has 1 unspecified atom stereocenters. The van der Waals surface area contributed by atoms with E-state index in [1.54, 1.807) is 0 Å². The molecule has 94 valence electrons. The molecule has 1 aromatic rings. The van der Waals surface area contributed by atoms with Gasteiger partial charge in [-0.05, 0) is 43.2 Å². The largest absolute Gasteiger partial charge is 0.122 e. The van der Waals surface area contributed by atoms with Crippen molar-refractivity contribution in [3.63, 3.8) is 0 Å². The van der Waals surface area contributed by atoms with Crippen LogP contribution in [0.2, 0.25) is 0 Å². The summed E-state index contributed by atoms with van der Waals surface area (Å²) in [5.41, 5.74) is 2.81. The van der Waals surface area contributed by atoms with E-state index < -0.39 is 0 Å². The van der Waals surface area contributed by atoms with Crippen molar-refractivity contribution < 1.29 is 0 Å². The molecule has 1 heteroatoms. The summed E-state index contributed by atoms with van der Waals surface area (Å²) in [5, 5.41) is 0.328. The van der Waals surface area contributed by atoms with Gasteiger partial charge < -0.3 is 0 Å². The van der Waals surface area contributed by atoms with Crippen molar-refractivity contribution in [1.29, 1.82) is 0 Å². The molecule has 17 heavy (non-hydrogen) atoms. The van der Waals surface area contributed by atoms with E-state index in [1.165, 1.54) is 49.7 Å². The second-order valence-corrected chi connectivity index (χ2v) is 5.96. The number of alkyl halides is 1. The zero-order valence-electron chi connectivity index (χ0n) is 10.8. The zero-order chi connectivity index (χ0) is 12.1. The fourth-order valence-corrected chi connectivity index (χ4v) is 3.31. The number of aryl methyl sites for hydroxylation is 1. The van der Waals surface area contributed by atoms with Crippen LogP contribution in [0.1, 0.15) is 49.7 Å². The molecule has 1 aromatic carbocycles. The van der Waals surface area contributed by atoms with Gasteiger partial charge in [-0.15, -0.1) is 11.6 Å². The third-order valence-electron chi connectivity index (χ3n) is 4.09. The summed E-state index contributed by atoms with van der Waals surface area (Å²) in [6, 6.07) is 8.64. The van der Waals surface area contributed by atoms with Crippen LogP contribution >= 0.6 is 11.6 Å². The van der Waals surface area contributed by atoms with Gasteiger partial charge in [0.15, 0.2) is 0 Å². The molecule has 0 N–H and O–H groups in total. The standard InChI is InChI=1S/C16H23Cl/c1-13-8-6-7-11-15(13)12-16(17)14-9-4-2-3-5-10-14/h6-8,11,14,16H,2-5,9-10,12H2,1H3. The van der Waals surface area contributed by atoms with E-state index in [-0.39, 0.29) is 0 Å². The Morgan fingerprint density at radius 1 is 1.12 bits per heavy atom. The minimum absolute atomic E-state index is 0.328. The summed E-state index contributed by atoms with van der Waals surface area (Å²) in [4.78, 5) is 0. The molecule has 1 aliphatic rings. The number of halogens is 1. The first-order valence-electron chi connectivity index (χ1n) is 6.96. The van der Waals surface area contributed by atoms with Crippen molar-refractivity contribution in [3.05, 3.63) is 35.4 Å². The van der Waals surface area contributed by atoms with Crippen molar-refractivity contribution in [2.75, 3.05) is 0 Å². The van der Waals surface area contributed by atoms with Gasteiger partial charge >= 0.3 is 0 Å². The smallest absolute Gasteiger partial charge is 0.0404 e. The molecule has 0 amide bonds. The van der Waals surface area contributed by atoms with Gasteiger partial charge in [-0.3, -0.25) is 0 Å². The molecule has 0 nitrogen and oxygen atoms in total. The lowest BCUT2D eigenvalue weighted by atomic mass is 9.91. The Bertz CT molecular complexity index is 337. The first kappa shape index (κ1) is 13.0. The highest BCUT2D eigenvalue weighted by Crippen LogP contribution is 2.30. The van der Waals surface area contributed by atoms with Gasteiger partial charge in [0.25, 0.3) is 0 Å². The summed E-state index contributed by atoms with van der Waals surface area (Å²) in [6.07, 6.45) is 9.28. The monoisotopic (exact) mass is 250 g/mol. The highest BCUT2D eigenvalue weighted by molar-refractivity contribution is 6.20. The van der Waals surface area contributed by atoms with Gasteiger partial charge in [0.2, 0.25) is 0 Å². The maximum absolute atomic E-state index is 6.64. The molecule has 0 bridgehead atoms. The minimum Gasteiger partial charge on any atom is -0.122 e. The molecule has 0 radical (unpaired) electrons. The number of hydrogen-bond donors (Lipinski definition) is 0. The Morgan fingerprint density at radius 3 is 2.41 bits per heavy atom. The molecule has 0 saturated heterocycles. The fraction of sp³-hybridized carbons (Fsp3) is 0.625. The van der Waals surface area contributed by atoms with Crippen LogP contribution < -0.4 is 0 Å². The molecule has 2 rings (SSSR count). The average Bonchev–Trinajstić information content (AvgIpc) is 2.61. The SMILES string of the molecule is Cc1ccccc1CC(Cl)C1CCCCCC1. The Hall–Kier alpha value is -0.490. The predicted octanol–water partition coefficient (Wildman–Crippen LogP) is 5.12. The quantitative estimate of drug-likeness (QED) is 0.516. The van der Waals surface area contributed by atoms with E-state index in [1.807, 2.05) is 0 Å². The van der Waals surface area contributed by atoms with Crippen LogP contribution in [0.4, 0.5) is 0 Å². The number of benzene rings is 1.